The number of nitrogens with two attached hydrogens (primary N) is 1. The molecule has 300 valence electrons. The van der Waals surface area contributed by atoms with Crippen LogP contribution in [-0.2, 0) is 30.8 Å². The van der Waals surface area contributed by atoms with Crippen LogP contribution in [0.4, 0.5) is 27.4 Å². The Kier molecular flexibility index (Phi) is 12.4. The first kappa shape index (κ1) is 39.8. The molecule has 0 bridgehead atoms. The van der Waals surface area contributed by atoms with Crippen LogP contribution < -0.4 is 26.0 Å². The van der Waals surface area contributed by atoms with E-state index in [2.05, 4.69) is 55.1 Å². The molecule has 0 aliphatic carbocycles. The number of benzene rings is 3. The zero-order valence-corrected chi connectivity index (χ0v) is 32.6. The van der Waals surface area contributed by atoms with Crippen LogP contribution in [-0.4, -0.2) is 79.0 Å². The van der Waals surface area contributed by atoms with Crippen LogP contribution in [0.5, 0.6) is 0 Å². The normalized spacial score (nSPS) is 18.3. The molecule has 0 spiro atoms. The predicted octanol–water partition coefficient (Wildman–Crippen LogP) is 5.48. The molecule has 7 rings (SSSR count). The molecule has 15 heteroatoms. The second-order valence-corrected chi connectivity index (χ2v) is 17.0. The Morgan fingerprint density at radius 1 is 0.895 bits per heavy atom. The van der Waals surface area contributed by atoms with E-state index in [9.17, 15) is 27.2 Å². The number of hydrogen-bond acceptors (Lipinski definition) is 10. The van der Waals surface area contributed by atoms with E-state index >= 15 is 0 Å². The number of imide groups is 1. The summed E-state index contributed by atoms with van der Waals surface area (Å²) in [7, 11) is -3.62. The molecule has 3 fully saturated rings. The summed E-state index contributed by atoms with van der Waals surface area (Å²) in [4.78, 5) is 50.2. The van der Waals surface area contributed by atoms with Gasteiger partial charge in [0.15, 0.2) is 0 Å². The Morgan fingerprint density at radius 2 is 1.61 bits per heavy atom. The lowest BCUT2D eigenvalue weighted by Gasteiger charge is -2.36. The third kappa shape index (κ3) is 10.7. The highest BCUT2D eigenvalue weighted by molar-refractivity contribution is 7.89. The predicted molar refractivity (Wildman–Crippen MR) is 218 cm³/mol. The topological polar surface area (TPSA) is 180 Å². The third-order valence-electron chi connectivity index (χ3n) is 11.2. The lowest BCUT2D eigenvalue weighted by molar-refractivity contribution is -0.134. The number of aromatic nitrogens is 2. The van der Waals surface area contributed by atoms with Crippen LogP contribution in [0.3, 0.4) is 0 Å². The van der Waals surface area contributed by atoms with Crippen LogP contribution in [0, 0.1) is 11.7 Å². The molecule has 1 atom stereocenters. The molecule has 5 N–H and O–H groups in total. The van der Waals surface area contributed by atoms with Crippen molar-refractivity contribution in [2.75, 3.05) is 47.5 Å². The van der Waals surface area contributed by atoms with Gasteiger partial charge in [0.1, 0.15) is 11.9 Å². The number of primary sulfonamides is 1. The van der Waals surface area contributed by atoms with E-state index in [1.165, 1.54) is 11.6 Å². The van der Waals surface area contributed by atoms with Crippen LogP contribution in [0.25, 0.3) is 11.3 Å². The fraction of sp³-hybridized carbons (Fsp3) is 0.405. The number of halogens is 1. The zero-order valence-electron chi connectivity index (χ0n) is 31.8. The van der Waals surface area contributed by atoms with Gasteiger partial charge in [-0.05, 0) is 129 Å². The fourth-order valence-corrected chi connectivity index (χ4v) is 8.52. The van der Waals surface area contributed by atoms with Crippen LogP contribution in [0.1, 0.15) is 68.4 Å². The van der Waals surface area contributed by atoms with Crippen molar-refractivity contribution in [2.24, 2.45) is 11.1 Å². The van der Waals surface area contributed by atoms with Crippen molar-refractivity contribution in [1.29, 1.82) is 0 Å². The van der Waals surface area contributed by atoms with E-state index in [0.717, 1.165) is 68.9 Å². The Hall–Kier alpha value is -5.41. The Labute approximate surface area is 332 Å². The minimum Gasteiger partial charge on any atom is -0.374 e. The number of carbonyl (C=O) groups is 3. The van der Waals surface area contributed by atoms with E-state index in [-0.39, 0.29) is 36.3 Å². The maximum absolute atomic E-state index is 14.4. The smallest absolute Gasteiger partial charge is 0.249 e. The zero-order chi connectivity index (χ0) is 39.9. The summed E-state index contributed by atoms with van der Waals surface area (Å²) in [6.45, 7) is 3.29. The number of nitrogens with one attached hydrogen (secondary N) is 3. The van der Waals surface area contributed by atoms with Gasteiger partial charge in [0.05, 0.1) is 11.4 Å². The van der Waals surface area contributed by atoms with E-state index in [4.69, 9.17) is 5.14 Å². The minimum atomic E-state index is -3.62. The number of nitrogens with zero attached hydrogens (tertiary/aromatic N) is 4. The van der Waals surface area contributed by atoms with E-state index in [1.54, 1.807) is 24.4 Å². The van der Waals surface area contributed by atoms with Gasteiger partial charge in [0, 0.05) is 67.8 Å². The summed E-state index contributed by atoms with van der Waals surface area (Å²) in [5.74, 6) is 0.251. The molecule has 0 saturated carbocycles. The number of piperidine rings is 3. The van der Waals surface area contributed by atoms with Crippen molar-refractivity contribution in [3.05, 3.63) is 95.9 Å². The molecular formula is C42H49FN8O5S. The van der Waals surface area contributed by atoms with Crippen molar-refractivity contribution in [3.8, 4) is 11.3 Å². The maximum Gasteiger partial charge on any atom is 0.249 e. The largest absolute Gasteiger partial charge is 0.374 e. The number of likely N-dealkylation sites (tertiary alicyclic amines) is 1. The Morgan fingerprint density at radius 3 is 2.32 bits per heavy atom. The van der Waals surface area contributed by atoms with Gasteiger partial charge in [0.2, 0.25) is 33.7 Å². The summed E-state index contributed by atoms with van der Waals surface area (Å²) < 4.78 is 37.0. The summed E-state index contributed by atoms with van der Waals surface area (Å²) >= 11 is 0. The molecule has 0 radical (unpaired) electrons. The monoisotopic (exact) mass is 796 g/mol. The van der Waals surface area contributed by atoms with Gasteiger partial charge >= 0.3 is 0 Å². The number of carbonyl (C=O) groups excluding carboxylic acids is 3. The van der Waals surface area contributed by atoms with Gasteiger partial charge < -0.3 is 20.4 Å². The van der Waals surface area contributed by atoms with Crippen LogP contribution in [0.2, 0.25) is 0 Å². The van der Waals surface area contributed by atoms with Crippen molar-refractivity contribution in [1.82, 2.24) is 20.2 Å². The SMILES string of the molecule is NS(=O)(=O)CCCc1cc(-c2ccnc(Nc3ccc(C4CCN(C(=O)CC5CCN(c6ccc(NC7CCC(=O)NC7=O)cc6)CC5)CC4)cc3)n2)ccc1F. The first-order valence-electron chi connectivity index (χ1n) is 19.7. The molecule has 3 amide bonds. The number of aryl methyl sites for hydroxylation is 1. The molecule has 1 aromatic heterocycles. The molecular weight excluding hydrogens is 748 g/mol. The van der Waals surface area contributed by atoms with Gasteiger partial charge in [-0.15, -0.1) is 0 Å². The molecule has 4 heterocycles. The van der Waals surface area contributed by atoms with E-state index < -0.39 is 21.9 Å². The molecule has 3 aliphatic rings. The average Bonchev–Trinajstić information content (AvgIpc) is 3.20. The summed E-state index contributed by atoms with van der Waals surface area (Å²) in [5.41, 5.74) is 5.73. The van der Waals surface area contributed by atoms with Gasteiger partial charge in [-0.3, -0.25) is 19.7 Å². The first-order chi connectivity index (χ1) is 27.5. The Bertz CT molecular complexity index is 2170. The standard InChI is InChI=1S/C42H49FN8O5S/c43-36-12-5-32(27-31(36)2-1-25-57(44,55)56)37-15-20-45-42(48-37)47-34-6-3-29(4-7-34)30-18-23-51(24-19-30)40(53)26-28-16-21-50(22-17-28)35-10-8-33(9-11-35)46-38-13-14-39(52)49-41(38)54/h3-12,15,20,27-28,30,38,46H,1-2,13-14,16-19,21-26H2,(H2,44,55,56)(H,45,47,48)(H,49,52,54). The average molecular weight is 797 g/mol. The first-order valence-corrected chi connectivity index (χ1v) is 21.4. The van der Waals surface area contributed by atoms with Crippen molar-refractivity contribution < 1.29 is 27.2 Å². The molecule has 3 aromatic carbocycles. The molecule has 57 heavy (non-hydrogen) atoms. The lowest BCUT2D eigenvalue weighted by atomic mass is 9.88. The van der Waals surface area contributed by atoms with Gasteiger partial charge in [0.25, 0.3) is 0 Å². The number of rotatable bonds is 13. The number of amides is 3. The highest BCUT2D eigenvalue weighted by atomic mass is 32.2. The summed E-state index contributed by atoms with van der Waals surface area (Å²) in [5, 5.41) is 14.0. The maximum atomic E-state index is 14.4. The van der Waals surface area contributed by atoms with Crippen LogP contribution in [0.15, 0.2) is 79.0 Å². The number of anilines is 4. The van der Waals surface area contributed by atoms with E-state index in [0.29, 0.717) is 53.9 Å². The van der Waals surface area contributed by atoms with E-state index in [1.807, 2.05) is 29.2 Å². The second-order valence-electron chi connectivity index (χ2n) is 15.3. The minimum absolute atomic E-state index is 0.215. The number of sulfonamides is 1. The van der Waals surface area contributed by atoms with Gasteiger partial charge in [-0.1, -0.05) is 12.1 Å². The molecule has 1 unspecified atom stereocenters. The third-order valence-corrected chi connectivity index (χ3v) is 12.1. The quantitative estimate of drug-likeness (QED) is 0.127. The van der Waals surface area contributed by atoms with Crippen LogP contribution >= 0.6 is 0 Å². The van der Waals surface area contributed by atoms with Gasteiger partial charge in [-0.25, -0.2) is 27.9 Å². The van der Waals surface area contributed by atoms with Crippen molar-refractivity contribution in [3.63, 3.8) is 0 Å². The fourth-order valence-electron chi connectivity index (χ4n) is 7.97. The number of hydrogen-bond donors (Lipinski definition) is 4. The Balaban J connectivity index is 0.840. The summed E-state index contributed by atoms with van der Waals surface area (Å²) in [6, 6.07) is 22.3. The molecule has 3 aliphatic heterocycles. The van der Waals surface area contributed by atoms with Gasteiger partial charge in [-0.2, -0.15) is 0 Å². The second kappa shape index (κ2) is 17.8. The highest BCUT2D eigenvalue weighted by Crippen LogP contribution is 2.32. The highest BCUT2D eigenvalue weighted by Gasteiger charge is 2.29. The lowest BCUT2D eigenvalue weighted by Crippen LogP contribution is -2.47. The molecule has 13 nitrogen and oxygen atoms in total. The molecule has 3 saturated heterocycles. The van der Waals surface area contributed by atoms with Crippen molar-refractivity contribution in [2.45, 2.75) is 69.7 Å². The molecule has 4 aromatic rings. The summed E-state index contributed by atoms with van der Waals surface area (Å²) in [6.07, 6.45) is 7.26. The van der Waals surface area contributed by atoms with Crippen molar-refractivity contribution >= 4 is 50.8 Å².